The van der Waals surface area contributed by atoms with Crippen molar-refractivity contribution in [2.75, 3.05) is 12.9 Å². The van der Waals surface area contributed by atoms with Crippen molar-refractivity contribution in [1.82, 2.24) is 10.2 Å². The third kappa shape index (κ3) is 8.97. The topological polar surface area (TPSA) is 58.6 Å². The average molecular weight is 574 g/mol. The molecule has 0 saturated carbocycles. The van der Waals surface area contributed by atoms with Gasteiger partial charge in [-0.05, 0) is 54.3 Å². The summed E-state index contributed by atoms with van der Waals surface area (Å²) in [7, 11) is 1.61. The minimum Gasteiger partial charge on any atom is -0.497 e. The lowest BCUT2D eigenvalue weighted by Gasteiger charge is -2.32. The van der Waals surface area contributed by atoms with Crippen LogP contribution < -0.4 is 10.1 Å². The summed E-state index contributed by atoms with van der Waals surface area (Å²) in [6.07, 6.45) is 1.21. The number of halogens is 2. The van der Waals surface area contributed by atoms with Gasteiger partial charge in [-0.15, -0.1) is 11.8 Å². The minimum absolute atomic E-state index is 0.00132. The van der Waals surface area contributed by atoms with Gasteiger partial charge in [-0.2, -0.15) is 0 Å². The van der Waals surface area contributed by atoms with Crippen LogP contribution in [-0.4, -0.2) is 41.7 Å². The second-order valence-corrected chi connectivity index (χ2v) is 10.9. The van der Waals surface area contributed by atoms with Crippen molar-refractivity contribution in [2.24, 2.45) is 0 Å². The number of carbonyl (C=O) groups is 2. The predicted octanol–water partition coefficient (Wildman–Crippen LogP) is 6.79. The number of rotatable bonds is 13. The quantitative estimate of drug-likeness (QED) is 0.245. The Kier molecular flexibility index (Phi) is 11.8. The highest BCUT2D eigenvalue weighted by atomic mass is 35.5. The van der Waals surface area contributed by atoms with Gasteiger partial charge in [0.15, 0.2) is 0 Å². The molecule has 0 aliphatic carbocycles. The van der Waals surface area contributed by atoms with Crippen LogP contribution in [0.2, 0.25) is 10.0 Å². The van der Waals surface area contributed by atoms with E-state index in [0.717, 1.165) is 23.1 Å². The summed E-state index contributed by atoms with van der Waals surface area (Å²) in [5, 5.41) is 4.08. The highest BCUT2D eigenvalue weighted by molar-refractivity contribution is 7.99. The summed E-state index contributed by atoms with van der Waals surface area (Å²) in [5.74, 6) is 1.24. The Morgan fingerprint density at radius 2 is 1.68 bits per heavy atom. The fraction of sp³-hybridized carbons (Fsp3) is 0.333. The lowest BCUT2D eigenvalue weighted by Crippen LogP contribution is -2.52. The zero-order valence-electron chi connectivity index (χ0n) is 22.0. The number of carbonyl (C=O) groups excluding carboxylic acids is 2. The van der Waals surface area contributed by atoms with Crippen LogP contribution in [0.5, 0.6) is 5.75 Å². The summed E-state index contributed by atoms with van der Waals surface area (Å²) < 4.78 is 5.39. The predicted molar refractivity (Wildman–Crippen MR) is 158 cm³/mol. The Morgan fingerprint density at radius 3 is 2.37 bits per heavy atom. The molecule has 38 heavy (non-hydrogen) atoms. The van der Waals surface area contributed by atoms with Crippen LogP contribution in [0.15, 0.2) is 72.8 Å². The number of hydrogen-bond acceptors (Lipinski definition) is 4. The number of methoxy groups -OCH3 is 1. The van der Waals surface area contributed by atoms with Crippen LogP contribution in [0.1, 0.15) is 37.0 Å². The van der Waals surface area contributed by atoms with Crippen molar-refractivity contribution in [3.8, 4) is 5.75 Å². The number of thioether (sulfide) groups is 1. The first kappa shape index (κ1) is 29.9. The van der Waals surface area contributed by atoms with E-state index in [2.05, 4.69) is 5.32 Å². The first-order valence-corrected chi connectivity index (χ1v) is 14.5. The lowest BCUT2D eigenvalue weighted by atomic mass is 10.0. The smallest absolute Gasteiger partial charge is 0.243 e. The fourth-order valence-corrected chi connectivity index (χ4v) is 5.11. The van der Waals surface area contributed by atoms with Crippen molar-refractivity contribution >= 4 is 46.8 Å². The van der Waals surface area contributed by atoms with Crippen molar-refractivity contribution in [2.45, 2.75) is 51.1 Å². The van der Waals surface area contributed by atoms with Gasteiger partial charge >= 0.3 is 0 Å². The SMILES string of the molecule is CC[C@H](C)NC(=O)[C@H](Cc1ccccc1)N(Cc1cccc(OC)c1)C(=O)CSCc1ccc(Cl)c(Cl)c1. The number of benzene rings is 3. The van der Waals surface area contributed by atoms with Crippen molar-refractivity contribution in [1.29, 1.82) is 0 Å². The third-order valence-electron chi connectivity index (χ3n) is 6.24. The van der Waals surface area contributed by atoms with Gasteiger partial charge in [-0.25, -0.2) is 0 Å². The molecule has 2 atom stereocenters. The van der Waals surface area contributed by atoms with E-state index in [0.29, 0.717) is 28.0 Å². The Hall–Kier alpha value is -2.67. The van der Waals surface area contributed by atoms with Gasteiger partial charge in [0.1, 0.15) is 11.8 Å². The second kappa shape index (κ2) is 15.1. The van der Waals surface area contributed by atoms with Gasteiger partial charge in [0.05, 0.1) is 22.9 Å². The van der Waals surface area contributed by atoms with Crippen LogP contribution >= 0.6 is 35.0 Å². The van der Waals surface area contributed by atoms with Crippen molar-refractivity contribution in [3.05, 3.63) is 99.5 Å². The van der Waals surface area contributed by atoms with Crippen LogP contribution in [0.3, 0.4) is 0 Å². The highest BCUT2D eigenvalue weighted by Crippen LogP contribution is 2.25. The van der Waals surface area contributed by atoms with Gasteiger partial charge in [-0.3, -0.25) is 9.59 Å². The number of hydrogen-bond donors (Lipinski definition) is 1. The molecule has 3 aromatic rings. The number of nitrogens with zero attached hydrogens (tertiary/aromatic N) is 1. The van der Waals surface area contributed by atoms with Crippen molar-refractivity contribution in [3.63, 3.8) is 0 Å². The monoisotopic (exact) mass is 572 g/mol. The summed E-state index contributed by atoms with van der Waals surface area (Å²) >= 11 is 13.7. The number of nitrogens with one attached hydrogen (secondary N) is 1. The molecule has 0 radical (unpaired) electrons. The molecule has 0 bridgehead atoms. The zero-order chi connectivity index (χ0) is 27.5. The summed E-state index contributed by atoms with van der Waals surface area (Å²) in [5.41, 5.74) is 2.86. The molecule has 0 fully saturated rings. The first-order valence-electron chi connectivity index (χ1n) is 12.6. The largest absolute Gasteiger partial charge is 0.497 e. The summed E-state index contributed by atoms with van der Waals surface area (Å²) in [6.45, 7) is 4.28. The van der Waals surface area contributed by atoms with E-state index in [1.54, 1.807) is 18.1 Å². The van der Waals surface area contributed by atoms with E-state index in [1.165, 1.54) is 11.8 Å². The lowest BCUT2D eigenvalue weighted by molar-refractivity contribution is -0.139. The minimum atomic E-state index is -0.671. The molecular weight excluding hydrogens is 539 g/mol. The second-order valence-electron chi connectivity index (χ2n) is 9.14. The molecule has 3 aromatic carbocycles. The average Bonchev–Trinajstić information content (AvgIpc) is 2.93. The summed E-state index contributed by atoms with van der Waals surface area (Å²) in [6, 6.07) is 22.2. The Labute approximate surface area is 239 Å². The molecule has 0 spiro atoms. The molecule has 0 unspecified atom stereocenters. The first-order chi connectivity index (χ1) is 18.3. The number of ether oxygens (including phenoxy) is 1. The van der Waals surface area contributed by atoms with Crippen LogP contribution in [-0.2, 0) is 28.3 Å². The van der Waals surface area contributed by atoms with E-state index in [4.69, 9.17) is 27.9 Å². The molecule has 0 heterocycles. The van der Waals surface area contributed by atoms with Gasteiger partial charge in [-0.1, -0.05) is 78.7 Å². The number of amides is 2. The van der Waals surface area contributed by atoms with Crippen LogP contribution in [0.4, 0.5) is 0 Å². The molecule has 0 aromatic heterocycles. The van der Waals surface area contributed by atoms with Gasteiger partial charge in [0.2, 0.25) is 11.8 Å². The highest BCUT2D eigenvalue weighted by Gasteiger charge is 2.31. The third-order valence-corrected chi connectivity index (χ3v) is 7.97. The Balaban J connectivity index is 1.87. The molecule has 0 aliphatic heterocycles. The van der Waals surface area contributed by atoms with Crippen LogP contribution in [0.25, 0.3) is 0 Å². The van der Waals surface area contributed by atoms with Crippen molar-refractivity contribution < 1.29 is 14.3 Å². The Morgan fingerprint density at radius 1 is 0.947 bits per heavy atom. The zero-order valence-corrected chi connectivity index (χ0v) is 24.3. The standard InChI is InChI=1S/C30H34Cl2N2O3S/c1-4-21(2)33-30(36)28(17-22-9-6-5-7-10-22)34(18-23-11-8-12-25(15-23)37-3)29(35)20-38-19-24-13-14-26(31)27(32)16-24/h5-16,21,28H,4,17-20H2,1-3H3,(H,33,36)/t21-,28-/m0/s1. The maximum atomic E-state index is 13.8. The normalized spacial score (nSPS) is 12.4. The molecule has 0 aliphatic rings. The van der Waals surface area contributed by atoms with E-state index in [-0.39, 0.29) is 30.2 Å². The van der Waals surface area contributed by atoms with Gasteiger partial charge in [0, 0.05) is 24.8 Å². The molecular formula is C30H34Cl2N2O3S. The fourth-order valence-electron chi connectivity index (χ4n) is 3.93. The van der Waals surface area contributed by atoms with E-state index in [9.17, 15) is 9.59 Å². The Bertz CT molecular complexity index is 1210. The van der Waals surface area contributed by atoms with Gasteiger partial charge < -0.3 is 15.0 Å². The molecule has 8 heteroatoms. The summed E-state index contributed by atoms with van der Waals surface area (Å²) in [4.78, 5) is 29.0. The molecule has 3 rings (SSSR count). The molecule has 2 amide bonds. The van der Waals surface area contributed by atoms with E-state index >= 15 is 0 Å². The maximum absolute atomic E-state index is 13.8. The van der Waals surface area contributed by atoms with Crippen LogP contribution in [0, 0.1) is 0 Å². The molecule has 5 nitrogen and oxygen atoms in total. The van der Waals surface area contributed by atoms with Gasteiger partial charge in [0.25, 0.3) is 0 Å². The molecule has 0 saturated heterocycles. The molecule has 1 N–H and O–H groups in total. The van der Waals surface area contributed by atoms with E-state index < -0.39 is 6.04 Å². The molecule has 202 valence electrons. The maximum Gasteiger partial charge on any atom is 0.243 e. The van der Waals surface area contributed by atoms with E-state index in [1.807, 2.05) is 80.6 Å².